The van der Waals surface area contributed by atoms with Crippen molar-refractivity contribution in [1.29, 1.82) is 15.8 Å². The second-order valence-corrected chi connectivity index (χ2v) is 4.71. The van der Waals surface area contributed by atoms with E-state index in [4.69, 9.17) is 15.8 Å². The number of alkyl halides is 4. The topological polar surface area (TPSA) is 74.6 Å². The molecular weight excluding hydrogens is 324 g/mol. The SMILES string of the molecule is CCN(CC(F)(F)C(F)F)c1ccc(C(C#N)=C(C#N)C#N)cc1. The molecule has 0 unspecified atom stereocenters. The van der Waals surface area contributed by atoms with Crippen molar-refractivity contribution in [2.24, 2.45) is 0 Å². The Kier molecular flexibility index (Phi) is 6.32. The second-order valence-electron chi connectivity index (χ2n) is 4.71. The van der Waals surface area contributed by atoms with Gasteiger partial charge in [0.05, 0.1) is 12.1 Å². The van der Waals surface area contributed by atoms with Crippen molar-refractivity contribution >= 4 is 11.3 Å². The molecule has 0 atom stereocenters. The van der Waals surface area contributed by atoms with Crippen LogP contribution in [0.5, 0.6) is 0 Å². The minimum atomic E-state index is -4.15. The monoisotopic (exact) mass is 336 g/mol. The molecule has 0 heterocycles. The molecule has 0 aliphatic carbocycles. The minimum Gasteiger partial charge on any atom is -0.366 e. The normalized spacial score (nSPS) is 10.5. The molecular formula is C16H12F4N4. The third kappa shape index (κ3) is 4.24. The molecule has 0 saturated carbocycles. The van der Waals surface area contributed by atoms with Gasteiger partial charge in [-0.2, -0.15) is 24.6 Å². The van der Waals surface area contributed by atoms with Crippen LogP contribution in [0.15, 0.2) is 29.8 Å². The molecule has 0 aliphatic heterocycles. The van der Waals surface area contributed by atoms with Gasteiger partial charge in [-0.05, 0) is 24.6 Å². The summed E-state index contributed by atoms with van der Waals surface area (Å²) in [7, 11) is 0. The molecule has 0 aromatic heterocycles. The quantitative estimate of drug-likeness (QED) is 0.586. The summed E-state index contributed by atoms with van der Waals surface area (Å²) in [6, 6.07) is 10.4. The fourth-order valence-electron chi connectivity index (χ4n) is 1.95. The first kappa shape index (κ1) is 19.0. The van der Waals surface area contributed by atoms with E-state index in [1.165, 1.54) is 24.3 Å². The summed E-state index contributed by atoms with van der Waals surface area (Å²) in [5.41, 5.74) is -0.000284. The number of nitrogens with zero attached hydrogens (tertiary/aromatic N) is 4. The number of halogens is 4. The zero-order chi connectivity index (χ0) is 18.3. The van der Waals surface area contributed by atoms with E-state index in [2.05, 4.69) is 0 Å². The molecule has 0 radical (unpaired) electrons. The first-order valence-corrected chi connectivity index (χ1v) is 6.76. The Bertz CT molecular complexity index is 717. The summed E-state index contributed by atoms with van der Waals surface area (Å²) in [6.07, 6.45) is -3.77. The van der Waals surface area contributed by atoms with Crippen LogP contribution in [-0.2, 0) is 0 Å². The second kappa shape index (κ2) is 7.99. The van der Waals surface area contributed by atoms with Crippen LogP contribution in [0, 0.1) is 34.0 Å². The number of nitriles is 3. The number of allylic oxidation sites excluding steroid dienone is 2. The van der Waals surface area contributed by atoms with Crippen molar-refractivity contribution in [3.8, 4) is 18.2 Å². The maximum Gasteiger partial charge on any atom is 0.324 e. The van der Waals surface area contributed by atoms with E-state index in [9.17, 15) is 17.6 Å². The highest BCUT2D eigenvalue weighted by molar-refractivity contribution is 5.84. The molecule has 1 aromatic carbocycles. The predicted molar refractivity (Wildman–Crippen MR) is 79.0 cm³/mol. The molecule has 0 N–H and O–H groups in total. The van der Waals surface area contributed by atoms with Crippen LogP contribution in [-0.4, -0.2) is 25.4 Å². The average molecular weight is 336 g/mol. The molecule has 0 amide bonds. The van der Waals surface area contributed by atoms with E-state index in [1.54, 1.807) is 25.1 Å². The predicted octanol–water partition coefficient (Wildman–Crippen LogP) is 3.74. The molecule has 0 saturated heterocycles. The van der Waals surface area contributed by atoms with E-state index in [0.717, 1.165) is 4.90 Å². The maximum atomic E-state index is 13.2. The van der Waals surface area contributed by atoms with Crippen molar-refractivity contribution in [1.82, 2.24) is 0 Å². The Morgan fingerprint density at radius 2 is 1.62 bits per heavy atom. The van der Waals surface area contributed by atoms with E-state index in [1.807, 2.05) is 0 Å². The molecule has 4 nitrogen and oxygen atoms in total. The van der Waals surface area contributed by atoms with Crippen LogP contribution < -0.4 is 4.90 Å². The van der Waals surface area contributed by atoms with E-state index in [-0.39, 0.29) is 28.9 Å². The van der Waals surface area contributed by atoms with Crippen molar-refractivity contribution in [2.75, 3.05) is 18.0 Å². The van der Waals surface area contributed by atoms with Gasteiger partial charge in [-0.15, -0.1) is 0 Å². The average Bonchev–Trinajstić information content (AvgIpc) is 2.57. The van der Waals surface area contributed by atoms with Gasteiger partial charge in [0.15, 0.2) is 0 Å². The largest absolute Gasteiger partial charge is 0.366 e. The molecule has 0 bridgehead atoms. The fraction of sp³-hybridized carbons (Fsp3) is 0.312. The zero-order valence-electron chi connectivity index (χ0n) is 12.6. The third-order valence-corrected chi connectivity index (χ3v) is 3.21. The number of benzene rings is 1. The van der Waals surface area contributed by atoms with Crippen molar-refractivity contribution < 1.29 is 17.6 Å². The lowest BCUT2D eigenvalue weighted by Gasteiger charge is -2.27. The van der Waals surface area contributed by atoms with Gasteiger partial charge in [0, 0.05) is 12.2 Å². The van der Waals surface area contributed by atoms with Gasteiger partial charge in [0.1, 0.15) is 23.8 Å². The summed E-state index contributed by atoms with van der Waals surface area (Å²) in [5, 5.41) is 26.7. The maximum absolute atomic E-state index is 13.2. The van der Waals surface area contributed by atoms with Crippen LogP contribution in [0.2, 0.25) is 0 Å². The van der Waals surface area contributed by atoms with Crippen LogP contribution in [0.4, 0.5) is 23.2 Å². The van der Waals surface area contributed by atoms with Crippen LogP contribution in [0.1, 0.15) is 12.5 Å². The Morgan fingerprint density at radius 3 is 2.00 bits per heavy atom. The van der Waals surface area contributed by atoms with Gasteiger partial charge in [0.25, 0.3) is 0 Å². The van der Waals surface area contributed by atoms with Crippen molar-refractivity contribution in [3.63, 3.8) is 0 Å². The van der Waals surface area contributed by atoms with Gasteiger partial charge in [-0.1, -0.05) is 12.1 Å². The Morgan fingerprint density at radius 1 is 1.08 bits per heavy atom. The zero-order valence-corrected chi connectivity index (χ0v) is 12.6. The summed E-state index contributed by atoms with van der Waals surface area (Å²) < 4.78 is 51.1. The van der Waals surface area contributed by atoms with Gasteiger partial charge in [-0.3, -0.25) is 0 Å². The van der Waals surface area contributed by atoms with Gasteiger partial charge < -0.3 is 4.90 Å². The molecule has 8 heteroatoms. The summed E-state index contributed by atoms with van der Waals surface area (Å²) >= 11 is 0. The van der Waals surface area contributed by atoms with Crippen LogP contribution >= 0.6 is 0 Å². The molecule has 1 rings (SSSR count). The van der Waals surface area contributed by atoms with Crippen LogP contribution in [0.25, 0.3) is 5.57 Å². The molecule has 0 spiro atoms. The molecule has 1 aromatic rings. The molecule has 0 aliphatic rings. The lowest BCUT2D eigenvalue weighted by atomic mass is 10.0. The molecule has 0 fully saturated rings. The summed E-state index contributed by atoms with van der Waals surface area (Å²) in [6.45, 7) is 0.465. The number of anilines is 1. The van der Waals surface area contributed by atoms with Crippen LogP contribution in [0.3, 0.4) is 0 Å². The summed E-state index contributed by atoms with van der Waals surface area (Å²) in [5.74, 6) is -4.15. The number of hydrogen-bond acceptors (Lipinski definition) is 4. The highest BCUT2D eigenvalue weighted by Gasteiger charge is 2.42. The fourth-order valence-corrected chi connectivity index (χ4v) is 1.95. The Labute approximate surface area is 136 Å². The molecule has 124 valence electrons. The third-order valence-electron chi connectivity index (χ3n) is 3.21. The number of hydrogen-bond donors (Lipinski definition) is 0. The standard InChI is InChI=1S/C16H12F4N4/c1-2-24(10-16(19,20)15(17)18)13-5-3-11(4-6-13)14(9-23)12(7-21)8-22/h3-6,15H,2,10H2,1H3. The smallest absolute Gasteiger partial charge is 0.324 e. The van der Waals surface area contributed by atoms with Crippen molar-refractivity contribution in [2.45, 2.75) is 19.3 Å². The first-order chi connectivity index (χ1) is 11.3. The van der Waals surface area contributed by atoms with Gasteiger partial charge in [0.2, 0.25) is 0 Å². The highest BCUT2D eigenvalue weighted by Crippen LogP contribution is 2.28. The van der Waals surface area contributed by atoms with Gasteiger partial charge in [-0.25, -0.2) is 8.78 Å². The van der Waals surface area contributed by atoms with E-state index < -0.39 is 18.9 Å². The van der Waals surface area contributed by atoms with E-state index in [0.29, 0.717) is 0 Å². The summed E-state index contributed by atoms with van der Waals surface area (Å²) in [4.78, 5) is 1.07. The van der Waals surface area contributed by atoms with Gasteiger partial charge >= 0.3 is 12.3 Å². The minimum absolute atomic E-state index is 0.0737. The Balaban J connectivity index is 3.15. The highest BCUT2D eigenvalue weighted by atomic mass is 19.3. The lowest BCUT2D eigenvalue weighted by molar-refractivity contribution is -0.121. The van der Waals surface area contributed by atoms with Crippen molar-refractivity contribution in [3.05, 3.63) is 35.4 Å². The lowest BCUT2D eigenvalue weighted by Crippen LogP contribution is -2.41. The van der Waals surface area contributed by atoms with E-state index >= 15 is 0 Å². The first-order valence-electron chi connectivity index (χ1n) is 6.76. The Hall–Kier alpha value is -3.05. The number of rotatable bonds is 6. The molecule has 24 heavy (non-hydrogen) atoms.